The molecule has 0 heterocycles. The number of nitrogens with zero attached hydrogens (tertiary/aromatic N) is 1. The summed E-state index contributed by atoms with van der Waals surface area (Å²) in [5, 5.41) is 19.5. The lowest BCUT2D eigenvalue weighted by Gasteiger charge is -2.04. The molecule has 0 saturated heterocycles. The SMILES string of the molecule is C=C/C=C\c1c(NO)cccc1[N+](=O)[O-]. The van der Waals surface area contributed by atoms with Gasteiger partial charge in [0.05, 0.1) is 16.2 Å². The smallest absolute Gasteiger partial charge is 0.278 e. The highest BCUT2D eigenvalue weighted by molar-refractivity contribution is 5.74. The third-order valence-electron chi connectivity index (χ3n) is 1.80. The molecule has 1 aromatic rings. The monoisotopic (exact) mass is 206 g/mol. The van der Waals surface area contributed by atoms with Crippen LogP contribution in [-0.2, 0) is 0 Å². The van der Waals surface area contributed by atoms with Gasteiger partial charge >= 0.3 is 0 Å². The normalized spacial score (nSPS) is 10.2. The van der Waals surface area contributed by atoms with Gasteiger partial charge in [-0.15, -0.1) is 0 Å². The van der Waals surface area contributed by atoms with Gasteiger partial charge in [0.15, 0.2) is 0 Å². The van der Waals surface area contributed by atoms with Crippen molar-refractivity contribution in [3.8, 4) is 0 Å². The first-order valence-corrected chi connectivity index (χ1v) is 4.17. The van der Waals surface area contributed by atoms with E-state index in [1.165, 1.54) is 30.4 Å². The highest BCUT2D eigenvalue weighted by atomic mass is 16.6. The number of anilines is 1. The highest BCUT2D eigenvalue weighted by Crippen LogP contribution is 2.27. The summed E-state index contributed by atoms with van der Waals surface area (Å²) in [5.41, 5.74) is 2.42. The van der Waals surface area contributed by atoms with E-state index < -0.39 is 4.92 Å². The van der Waals surface area contributed by atoms with Crippen LogP contribution in [0.4, 0.5) is 11.4 Å². The summed E-state index contributed by atoms with van der Waals surface area (Å²) in [6.07, 6.45) is 4.56. The largest absolute Gasteiger partial charge is 0.291 e. The lowest BCUT2D eigenvalue weighted by molar-refractivity contribution is -0.385. The molecule has 0 aliphatic heterocycles. The van der Waals surface area contributed by atoms with Crippen molar-refractivity contribution < 1.29 is 10.1 Å². The number of rotatable bonds is 4. The summed E-state index contributed by atoms with van der Waals surface area (Å²) in [6, 6.07) is 4.39. The molecule has 0 bridgehead atoms. The molecule has 5 heteroatoms. The summed E-state index contributed by atoms with van der Waals surface area (Å²) in [4.78, 5) is 10.2. The maximum Gasteiger partial charge on any atom is 0.278 e. The van der Waals surface area contributed by atoms with Gasteiger partial charge in [-0.1, -0.05) is 24.8 Å². The topological polar surface area (TPSA) is 75.4 Å². The third-order valence-corrected chi connectivity index (χ3v) is 1.80. The van der Waals surface area contributed by atoms with Crippen LogP contribution in [0.25, 0.3) is 6.08 Å². The lowest BCUT2D eigenvalue weighted by atomic mass is 10.1. The second-order valence-corrected chi connectivity index (χ2v) is 2.70. The van der Waals surface area contributed by atoms with E-state index in [4.69, 9.17) is 5.21 Å². The zero-order valence-corrected chi connectivity index (χ0v) is 7.88. The summed E-state index contributed by atoms with van der Waals surface area (Å²) in [6.45, 7) is 3.47. The first-order chi connectivity index (χ1) is 7.20. The van der Waals surface area contributed by atoms with Gasteiger partial charge in [0, 0.05) is 6.07 Å². The van der Waals surface area contributed by atoms with E-state index in [0.717, 1.165) is 0 Å². The van der Waals surface area contributed by atoms with Gasteiger partial charge in [0.2, 0.25) is 0 Å². The second-order valence-electron chi connectivity index (χ2n) is 2.70. The molecule has 5 nitrogen and oxygen atoms in total. The Morgan fingerprint density at radius 1 is 1.53 bits per heavy atom. The first kappa shape index (κ1) is 10.9. The number of allylic oxidation sites excluding steroid dienone is 2. The molecule has 78 valence electrons. The third kappa shape index (κ3) is 2.41. The molecule has 0 amide bonds. The van der Waals surface area contributed by atoms with Gasteiger partial charge in [-0.2, -0.15) is 0 Å². The van der Waals surface area contributed by atoms with Gasteiger partial charge < -0.3 is 0 Å². The lowest BCUT2D eigenvalue weighted by Crippen LogP contribution is -1.97. The Hall–Kier alpha value is -2.14. The number of nitro benzene ring substituents is 1. The fourth-order valence-corrected chi connectivity index (χ4v) is 1.15. The first-order valence-electron chi connectivity index (χ1n) is 4.17. The Bertz CT molecular complexity index is 413. The summed E-state index contributed by atoms with van der Waals surface area (Å²) < 4.78 is 0. The average molecular weight is 206 g/mol. The van der Waals surface area contributed by atoms with Crippen molar-refractivity contribution in [1.29, 1.82) is 0 Å². The average Bonchev–Trinajstić information content (AvgIpc) is 2.25. The molecule has 2 N–H and O–H groups in total. The van der Waals surface area contributed by atoms with Crippen molar-refractivity contribution in [1.82, 2.24) is 0 Å². The minimum atomic E-state index is -0.510. The second kappa shape index (κ2) is 4.92. The van der Waals surface area contributed by atoms with Crippen LogP contribution in [0.15, 0.2) is 36.9 Å². The van der Waals surface area contributed by atoms with Gasteiger partial charge in [0.25, 0.3) is 5.69 Å². The van der Waals surface area contributed by atoms with E-state index in [1.54, 1.807) is 6.08 Å². The van der Waals surface area contributed by atoms with Crippen molar-refractivity contribution in [3.05, 3.63) is 52.6 Å². The van der Waals surface area contributed by atoms with Crippen LogP contribution in [0, 0.1) is 10.1 Å². The molecule has 1 aromatic carbocycles. The fraction of sp³-hybridized carbons (Fsp3) is 0. The molecule has 0 radical (unpaired) electrons. The Morgan fingerprint density at radius 3 is 2.80 bits per heavy atom. The number of hydrogen-bond acceptors (Lipinski definition) is 4. The Balaban J connectivity index is 3.32. The maximum absolute atomic E-state index is 10.7. The van der Waals surface area contributed by atoms with E-state index in [2.05, 4.69) is 6.58 Å². The van der Waals surface area contributed by atoms with E-state index in [9.17, 15) is 10.1 Å². The quantitative estimate of drug-likeness (QED) is 0.451. The Kier molecular flexibility index (Phi) is 3.59. The van der Waals surface area contributed by atoms with Crippen molar-refractivity contribution in [3.63, 3.8) is 0 Å². The fourth-order valence-electron chi connectivity index (χ4n) is 1.15. The number of hydrogen-bond donors (Lipinski definition) is 2. The molecule has 0 unspecified atom stereocenters. The van der Waals surface area contributed by atoms with E-state index >= 15 is 0 Å². The van der Waals surface area contributed by atoms with E-state index in [-0.39, 0.29) is 11.4 Å². The molecule has 0 saturated carbocycles. The zero-order chi connectivity index (χ0) is 11.3. The summed E-state index contributed by atoms with van der Waals surface area (Å²) in [7, 11) is 0. The minimum absolute atomic E-state index is 0.0767. The molecule has 0 atom stereocenters. The molecule has 0 aliphatic rings. The zero-order valence-electron chi connectivity index (χ0n) is 7.88. The summed E-state index contributed by atoms with van der Waals surface area (Å²) in [5.74, 6) is 0. The Labute approximate surface area is 86.5 Å². The molecule has 0 aliphatic carbocycles. The van der Waals surface area contributed by atoms with E-state index in [0.29, 0.717) is 5.56 Å². The van der Waals surface area contributed by atoms with Crippen LogP contribution < -0.4 is 5.48 Å². The number of benzene rings is 1. The van der Waals surface area contributed by atoms with Crippen molar-refractivity contribution in [2.45, 2.75) is 0 Å². The predicted molar refractivity (Wildman–Crippen MR) is 57.7 cm³/mol. The van der Waals surface area contributed by atoms with Crippen molar-refractivity contribution >= 4 is 17.5 Å². The number of nitro groups is 1. The van der Waals surface area contributed by atoms with Crippen LogP contribution in [0.1, 0.15) is 5.56 Å². The van der Waals surface area contributed by atoms with Crippen LogP contribution >= 0.6 is 0 Å². The van der Waals surface area contributed by atoms with E-state index in [1.807, 2.05) is 5.48 Å². The standard InChI is InChI=1S/C10H10N2O3/c1-2-3-5-8-9(11-13)6-4-7-10(8)12(14)15/h2-7,11,13H,1H2/b5-3-. The predicted octanol–water partition coefficient (Wildman–Crippen LogP) is 2.60. The maximum atomic E-state index is 10.7. The number of nitrogens with one attached hydrogen (secondary N) is 1. The van der Waals surface area contributed by atoms with Gasteiger partial charge in [-0.3, -0.25) is 20.8 Å². The van der Waals surface area contributed by atoms with Crippen molar-refractivity contribution in [2.24, 2.45) is 0 Å². The van der Waals surface area contributed by atoms with Crippen molar-refractivity contribution in [2.75, 3.05) is 5.48 Å². The molecule has 1 rings (SSSR count). The van der Waals surface area contributed by atoms with Crippen LogP contribution in [-0.4, -0.2) is 10.1 Å². The summed E-state index contributed by atoms with van der Waals surface area (Å²) >= 11 is 0. The minimum Gasteiger partial charge on any atom is -0.291 e. The molecule has 15 heavy (non-hydrogen) atoms. The molecule has 0 spiro atoms. The van der Waals surface area contributed by atoms with Gasteiger partial charge in [-0.25, -0.2) is 0 Å². The van der Waals surface area contributed by atoms with Gasteiger partial charge in [0.1, 0.15) is 0 Å². The molecule has 0 fully saturated rings. The van der Waals surface area contributed by atoms with Crippen LogP contribution in [0.2, 0.25) is 0 Å². The van der Waals surface area contributed by atoms with Gasteiger partial charge in [-0.05, 0) is 12.1 Å². The van der Waals surface area contributed by atoms with Crippen LogP contribution in [0.3, 0.4) is 0 Å². The molecular formula is C10H10N2O3. The molecule has 0 aromatic heterocycles. The Morgan fingerprint density at radius 2 is 2.27 bits per heavy atom. The highest BCUT2D eigenvalue weighted by Gasteiger charge is 2.14. The molecular weight excluding hydrogens is 196 g/mol. The van der Waals surface area contributed by atoms with Crippen LogP contribution in [0.5, 0.6) is 0 Å².